The van der Waals surface area contributed by atoms with Crippen molar-refractivity contribution in [1.29, 1.82) is 0 Å². The van der Waals surface area contributed by atoms with E-state index in [9.17, 15) is 14.0 Å². The van der Waals surface area contributed by atoms with Crippen molar-refractivity contribution >= 4 is 23.1 Å². The number of amides is 2. The third kappa shape index (κ3) is 3.98. The normalized spacial score (nSPS) is 14.2. The van der Waals surface area contributed by atoms with Gasteiger partial charge in [0.25, 0.3) is 11.8 Å². The fourth-order valence-corrected chi connectivity index (χ4v) is 3.43. The standard InChI is InChI=1S/C23H25FN2O2/c1-3-4-5-9-16-26-22(27)20(17-12-14-18(24)15-13-17)21(23(26)28)25(2)19-10-7-6-8-11-19/h6-8,10-15H,3-5,9,16H2,1-2H3. The van der Waals surface area contributed by atoms with Crippen molar-refractivity contribution in [2.45, 2.75) is 32.6 Å². The zero-order valence-corrected chi connectivity index (χ0v) is 16.3. The van der Waals surface area contributed by atoms with Crippen LogP contribution in [0.1, 0.15) is 38.2 Å². The molecule has 1 aliphatic heterocycles. The SMILES string of the molecule is CCCCCCN1C(=O)C(c2ccc(F)cc2)=C(N(C)c2ccccc2)C1=O. The van der Waals surface area contributed by atoms with Crippen LogP contribution in [0.5, 0.6) is 0 Å². The summed E-state index contributed by atoms with van der Waals surface area (Å²) in [4.78, 5) is 29.4. The first-order valence-corrected chi connectivity index (χ1v) is 9.69. The Labute approximate surface area is 165 Å². The molecule has 2 aromatic rings. The van der Waals surface area contributed by atoms with Crippen molar-refractivity contribution in [1.82, 2.24) is 4.90 Å². The number of halogens is 1. The summed E-state index contributed by atoms with van der Waals surface area (Å²) in [6.07, 6.45) is 3.92. The summed E-state index contributed by atoms with van der Waals surface area (Å²) in [5.41, 5.74) is 2.02. The Balaban J connectivity index is 1.99. The van der Waals surface area contributed by atoms with Crippen LogP contribution in [0.15, 0.2) is 60.3 Å². The number of benzene rings is 2. The van der Waals surface area contributed by atoms with Crippen LogP contribution in [0, 0.1) is 5.82 Å². The van der Waals surface area contributed by atoms with Crippen LogP contribution in [0.2, 0.25) is 0 Å². The molecule has 5 heteroatoms. The number of anilines is 1. The minimum absolute atomic E-state index is 0.299. The lowest BCUT2D eigenvalue weighted by Gasteiger charge is -2.21. The van der Waals surface area contributed by atoms with Crippen LogP contribution >= 0.6 is 0 Å². The van der Waals surface area contributed by atoms with E-state index in [4.69, 9.17) is 0 Å². The van der Waals surface area contributed by atoms with Gasteiger partial charge in [-0.1, -0.05) is 56.5 Å². The lowest BCUT2D eigenvalue weighted by atomic mass is 10.0. The van der Waals surface area contributed by atoms with Gasteiger partial charge in [0.15, 0.2) is 0 Å². The molecule has 0 spiro atoms. The third-order valence-electron chi connectivity index (χ3n) is 4.99. The van der Waals surface area contributed by atoms with Crippen LogP contribution < -0.4 is 4.90 Å². The Kier molecular flexibility index (Phi) is 6.24. The topological polar surface area (TPSA) is 40.6 Å². The molecular formula is C23H25FN2O2. The van der Waals surface area contributed by atoms with E-state index < -0.39 is 0 Å². The quantitative estimate of drug-likeness (QED) is 0.495. The van der Waals surface area contributed by atoms with Gasteiger partial charge in [0.05, 0.1) is 5.57 Å². The van der Waals surface area contributed by atoms with Crippen LogP contribution in [0.4, 0.5) is 10.1 Å². The van der Waals surface area contributed by atoms with Crippen LogP contribution in [0.25, 0.3) is 5.57 Å². The second-order valence-corrected chi connectivity index (χ2v) is 6.95. The van der Waals surface area contributed by atoms with E-state index in [0.29, 0.717) is 23.4 Å². The van der Waals surface area contributed by atoms with Gasteiger partial charge < -0.3 is 4.90 Å². The molecule has 0 saturated carbocycles. The van der Waals surface area contributed by atoms with Gasteiger partial charge in [0.1, 0.15) is 11.5 Å². The predicted molar refractivity (Wildman–Crippen MR) is 109 cm³/mol. The highest BCUT2D eigenvalue weighted by Gasteiger charge is 2.40. The van der Waals surface area contributed by atoms with Crippen molar-refractivity contribution in [3.05, 3.63) is 71.7 Å². The molecule has 146 valence electrons. The van der Waals surface area contributed by atoms with E-state index in [1.54, 1.807) is 24.1 Å². The zero-order chi connectivity index (χ0) is 20.1. The average molecular weight is 380 g/mol. The summed E-state index contributed by atoms with van der Waals surface area (Å²) in [7, 11) is 1.78. The second-order valence-electron chi connectivity index (χ2n) is 6.95. The molecule has 0 unspecified atom stereocenters. The summed E-state index contributed by atoms with van der Waals surface area (Å²) >= 11 is 0. The minimum Gasteiger partial charge on any atom is -0.339 e. The number of hydrogen-bond donors (Lipinski definition) is 0. The summed E-state index contributed by atoms with van der Waals surface area (Å²) in [5.74, 6) is -0.992. The van der Waals surface area contributed by atoms with Crippen LogP contribution in [-0.4, -0.2) is 30.3 Å². The number of nitrogens with zero attached hydrogens (tertiary/aromatic N) is 2. The summed E-state index contributed by atoms with van der Waals surface area (Å²) in [6.45, 7) is 2.52. The van der Waals surface area contributed by atoms with Gasteiger partial charge in [0, 0.05) is 19.3 Å². The first kappa shape index (κ1) is 19.8. The summed E-state index contributed by atoms with van der Waals surface area (Å²) in [5, 5.41) is 0. The number of likely N-dealkylation sites (N-methyl/N-ethyl adjacent to an activating group) is 1. The molecular weight excluding hydrogens is 355 g/mol. The molecule has 0 aromatic heterocycles. The van der Waals surface area contributed by atoms with Gasteiger partial charge in [-0.15, -0.1) is 0 Å². The number of hydrogen-bond acceptors (Lipinski definition) is 3. The predicted octanol–water partition coefficient (Wildman–Crippen LogP) is 4.62. The first-order chi connectivity index (χ1) is 13.5. The molecule has 28 heavy (non-hydrogen) atoms. The highest BCUT2D eigenvalue weighted by Crippen LogP contribution is 2.33. The Morgan fingerprint density at radius 3 is 2.21 bits per heavy atom. The van der Waals surface area contributed by atoms with Gasteiger partial charge in [-0.25, -0.2) is 4.39 Å². The molecule has 0 aliphatic carbocycles. The van der Waals surface area contributed by atoms with Gasteiger partial charge in [-0.05, 0) is 36.2 Å². The van der Waals surface area contributed by atoms with Crippen LogP contribution in [-0.2, 0) is 9.59 Å². The fraction of sp³-hybridized carbons (Fsp3) is 0.304. The van der Waals surface area contributed by atoms with Crippen molar-refractivity contribution in [2.24, 2.45) is 0 Å². The lowest BCUT2D eigenvalue weighted by Crippen LogP contribution is -2.35. The molecule has 1 heterocycles. The molecule has 0 atom stereocenters. The molecule has 2 amide bonds. The average Bonchev–Trinajstić information content (AvgIpc) is 2.96. The van der Waals surface area contributed by atoms with Gasteiger partial charge in [-0.2, -0.15) is 0 Å². The van der Waals surface area contributed by atoms with Crippen molar-refractivity contribution < 1.29 is 14.0 Å². The maximum atomic E-state index is 13.4. The lowest BCUT2D eigenvalue weighted by molar-refractivity contribution is -0.136. The molecule has 1 aliphatic rings. The molecule has 0 radical (unpaired) electrons. The van der Waals surface area contributed by atoms with Crippen LogP contribution in [0.3, 0.4) is 0 Å². The molecule has 2 aromatic carbocycles. The van der Waals surface area contributed by atoms with Crippen molar-refractivity contribution in [2.75, 3.05) is 18.5 Å². The molecule has 0 N–H and O–H groups in total. The summed E-state index contributed by atoms with van der Waals surface area (Å²) in [6, 6.07) is 15.2. The second kappa shape index (κ2) is 8.83. The molecule has 0 fully saturated rings. The highest BCUT2D eigenvalue weighted by atomic mass is 19.1. The number of para-hydroxylation sites is 1. The zero-order valence-electron chi connectivity index (χ0n) is 16.3. The Morgan fingerprint density at radius 2 is 1.57 bits per heavy atom. The Hall–Kier alpha value is -2.95. The first-order valence-electron chi connectivity index (χ1n) is 9.69. The maximum absolute atomic E-state index is 13.4. The third-order valence-corrected chi connectivity index (χ3v) is 4.99. The van der Waals surface area contributed by atoms with Gasteiger partial charge in [0.2, 0.25) is 0 Å². The molecule has 3 rings (SSSR count). The van der Waals surface area contributed by atoms with Gasteiger partial charge in [-0.3, -0.25) is 14.5 Å². The monoisotopic (exact) mass is 380 g/mol. The number of unbranched alkanes of at least 4 members (excludes halogenated alkanes) is 3. The van der Waals surface area contributed by atoms with E-state index in [1.165, 1.54) is 17.0 Å². The molecule has 0 bridgehead atoms. The van der Waals surface area contributed by atoms with E-state index >= 15 is 0 Å². The fourth-order valence-electron chi connectivity index (χ4n) is 3.43. The maximum Gasteiger partial charge on any atom is 0.278 e. The number of imide groups is 1. The van der Waals surface area contributed by atoms with E-state index in [0.717, 1.165) is 31.4 Å². The smallest absolute Gasteiger partial charge is 0.278 e. The van der Waals surface area contributed by atoms with Crippen molar-refractivity contribution in [3.8, 4) is 0 Å². The Morgan fingerprint density at radius 1 is 0.893 bits per heavy atom. The Bertz CT molecular complexity index is 875. The van der Waals surface area contributed by atoms with E-state index in [-0.39, 0.29) is 17.6 Å². The number of rotatable bonds is 8. The number of carbonyl (C=O) groups is 2. The molecule has 4 nitrogen and oxygen atoms in total. The largest absolute Gasteiger partial charge is 0.339 e. The molecule has 0 saturated heterocycles. The van der Waals surface area contributed by atoms with E-state index in [2.05, 4.69) is 6.92 Å². The minimum atomic E-state index is -0.379. The summed E-state index contributed by atoms with van der Waals surface area (Å²) < 4.78 is 13.4. The van der Waals surface area contributed by atoms with E-state index in [1.807, 2.05) is 30.3 Å². The number of carbonyl (C=O) groups excluding carboxylic acids is 2. The van der Waals surface area contributed by atoms with Gasteiger partial charge >= 0.3 is 0 Å². The highest BCUT2D eigenvalue weighted by molar-refractivity contribution is 6.36. The van der Waals surface area contributed by atoms with Crippen molar-refractivity contribution in [3.63, 3.8) is 0 Å².